The van der Waals surface area contributed by atoms with Gasteiger partial charge in [0.05, 0.1) is 27.2 Å². The molecule has 0 atom stereocenters. The first-order valence-electron chi connectivity index (χ1n) is 3.94. The van der Waals surface area contributed by atoms with Crippen molar-refractivity contribution in [1.82, 2.24) is 0 Å². The third-order valence-electron chi connectivity index (χ3n) is 1.40. The Morgan fingerprint density at radius 3 is 1.42 bits per heavy atom. The van der Waals surface area contributed by atoms with Crippen LogP contribution in [-0.4, -0.2) is 31.7 Å². The first-order valence-corrected chi connectivity index (χ1v) is 3.94. The predicted octanol–water partition coefficient (Wildman–Crippen LogP) is -0.781. The van der Waals surface area contributed by atoms with Gasteiger partial charge in [-0.2, -0.15) is 0 Å². The molecule has 12 heavy (non-hydrogen) atoms. The largest absolute Gasteiger partial charge is 1.00 e. The number of nitrogens with zero attached hydrogens (tertiary/aromatic N) is 1. The Morgan fingerprint density at radius 2 is 1.25 bits per heavy atom. The van der Waals surface area contributed by atoms with Gasteiger partial charge in [-0.1, -0.05) is 13.2 Å². The number of hydrogen-bond donors (Lipinski definition) is 0. The number of halogens is 1. The number of hydrogen-bond acceptors (Lipinski definition) is 0. The molecule has 0 fully saturated rings. The molecule has 0 heterocycles. The van der Waals surface area contributed by atoms with Crippen molar-refractivity contribution in [1.29, 1.82) is 0 Å². The van der Waals surface area contributed by atoms with E-state index < -0.39 is 0 Å². The van der Waals surface area contributed by atoms with E-state index in [1.165, 1.54) is 11.1 Å². The van der Waals surface area contributed by atoms with Gasteiger partial charge >= 0.3 is 0 Å². The van der Waals surface area contributed by atoms with E-state index in [1.54, 1.807) is 0 Å². The maximum atomic E-state index is 3.90. The van der Waals surface area contributed by atoms with Crippen LogP contribution in [0.5, 0.6) is 0 Å². The zero-order chi connectivity index (χ0) is 9.07. The van der Waals surface area contributed by atoms with E-state index in [1.807, 2.05) is 0 Å². The molecule has 0 aliphatic rings. The fourth-order valence-electron chi connectivity index (χ4n) is 1.52. The van der Waals surface area contributed by atoms with E-state index in [9.17, 15) is 0 Å². The summed E-state index contributed by atoms with van der Waals surface area (Å²) in [6.45, 7) is 14.0. The van der Waals surface area contributed by atoms with Gasteiger partial charge in [-0.3, -0.25) is 0 Å². The molecule has 0 aromatic carbocycles. The van der Waals surface area contributed by atoms with Crippen LogP contribution in [-0.2, 0) is 0 Å². The van der Waals surface area contributed by atoms with Gasteiger partial charge in [0.15, 0.2) is 0 Å². The van der Waals surface area contributed by atoms with Crippen molar-refractivity contribution in [2.45, 2.75) is 13.8 Å². The first kappa shape index (κ1) is 14.4. The van der Waals surface area contributed by atoms with Crippen molar-refractivity contribution in [2.75, 3.05) is 27.2 Å². The van der Waals surface area contributed by atoms with Gasteiger partial charge in [0.25, 0.3) is 0 Å². The molecule has 0 aromatic heterocycles. The van der Waals surface area contributed by atoms with Crippen molar-refractivity contribution in [3.8, 4) is 0 Å². The summed E-state index contributed by atoms with van der Waals surface area (Å²) in [6, 6.07) is 0. The van der Waals surface area contributed by atoms with E-state index in [-0.39, 0.29) is 17.0 Å². The molecular weight excluding hydrogens is 214 g/mol. The van der Waals surface area contributed by atoms with Gasteiger partial charge in [0, 0.05) is 0 Å². The van der Waals surface area contributed by atoms with E-state index in [0.717, 1.165) is 17.6 Å². The van der Waals surface area contributed by atoms with Gasteiger partial charge in [-0.05, 0) is 25.0 Å². The van der Waals surface area contributed by atoms with Crippen LogP contribution >= 0.6 is 0 Å². The van der Waals surface area contributed by atoms with Gasteiger partial charge in [0.1, 0.15) is 0 Å². The van der Waals surface area contributed by atoms with Crippen LogP contribution in [0.15, 0.2) is 24.3 Å². The lowest BCUT2D eigenvalue weighted by atomic mass is 10.2. The molecule has 0 saturated heterocycles. The van der Waals surface area contributed by atoms with Crippen molar-refractivity contribution in [3.63, 3.8) is 0 Å². The van der Waals surface area contributed by atoms with Crippen LogP contribution in [0.3, 0.4) is 0 Å². The number of quaternary nitrogens is 1. The lowest BCUT2D eigenvalue weighted by molar-refractivity contribution is -0.880. The van der Waals surface area contributed by atoms with E-state index in [4.69, 9.17) is 0 Å². The summed E-state index contributed by atoms with van der Waals surface area (Å²) in [5.41, 5.74) is 2.47. The highest BCUT2D eigenvalue weighted by atomic mass is 79.9. The smallest absolute Gasteiger partial charge is 0.0996 e. The molecule has 0 aliphatic carbocycles. The average Bonchev–Trinajstić information content (AvgIpc) is 1.53. The summed E-state index contributed by atoms with van der Waals surface area (Å²) in [5, 5.41) is 0. The first-order chi connectivity index (χ1) is 4.83. The Bertz CT molecular complexity index is 153. The summed E-state index contributed by atoms with van der Waals surface area (Å²) in [5.74, 6) is 0. The second kappa shape index (κ2) is 5.55. The summed E-state index contributed by atoms with van der Waals surface area (Å²) in [4.78, 5) is 0. The summed E-state index contributed by atoms with van der Waals surface area (Å²) < 4.78 is 0.963. The summed E-state index contributed by atoms with van der Waals surface area (Å²) >= 11 is 0. The molecule has 0 rings (SSSR count). The molecule has 0 spiro atoms. The zero-order valence-corrected chi connectivity index (χ0v) is 10.2. The van der Waals surface area contributed by atoms with E-state index in [0.29, 0.717) is 0 Å². The fourth-order valence-corrected chi connectivity index (χ4v) is 1.52. The average molecular weight is 234 g/mol. The minimum atomic E-state index is 0. The molecule has 0 unspecified atom stereocenters. The van der Waals surface area contributed by atoms with Crippen molar-refractivity contribution < 1.29 is 21.5 Å². The molecular formula is C10H20BrN. The van der Waals surface area contributed by atoms with Crippen molar-refractivity contribution >= 4 is 0 Å². The second-order valence-corrected chi connectivity index (χ2v) is 4.17. The fraction of sp³-hybridized carbons (Fsp3) is 0.600. The summed E-state index contributed by atoms with van der Waals surface area (Å²) in [7, 11) is 4.40. The predicted molar refractivity (Wildman–Crippen MR) is 51.5 cm³/mol. The lowest BCUT2D eigenvalue weighted by Crippen LogP contribution is -3.00. The van der Waals surface area contributed by atoms with Crippen LogP contribution in [0.4, 0.5) is 0 Å². The standard InChI is InChI=1S/C10H20N.BrH/c1-9(2)7-11(5,6)8-10(3)4;/h1,3,7-8H2,2,4-6H3;1H/q+1;/p-1. The Morgan fingerprint density at radius 1 is 1.00 bits per heavy atom. The maximum absolute atomic E-state index is 3.90. The minimum absolute atomic E-state index is 0. The molecule has 2 heteroatoms. The van der Waals surface area contributed by atoms with Crippen LogP contribution < -0.4 is 17.0 Å². The summed E-state index contributed by atoms with van der Waals surface area (Å²) in [6.07, 6.45) is 0. The Balaban J connectivity index is 0. The molecule has 0 bridgehead atoms. The van der Waals surface area contributed by atoms with Gasteiger partial charge < -0.3 is 21.5 Å². The van der Waals surface area contributed by atoms with Crippen LogP contribution in [0.25, 0.3) is 0 Å². The van der Waals surface area contributed by atoms with E-state index in [2.05, 4.69) is 41.1 Å². The third-order valence-corrected chi connectivity index (χ3v) is 1.40. The molecule has 0 amide bonds. The van der Waals surface area contributed by atoms with Crippen LogP contribution in [0.2, 0.25) is 0 Å². The van der Waals surface area contributed by atoms with Crippen LogP contribution in [0.1, 0.15) is 13.8 Å². The van der Waals surface area contributed by atoms with E-state index >= 15 is 0 Å². The van der Waals surface area contributed by atoms with Crippen molar-refractivity contribution in [3.05, 3.63) is 24.3 Å². The Kier molecular flexibility index (Phi) is 6.68. The molecule has 0 radical (unpaired) electrons. The molecule has 0 aromatic rings. The third kappa shape index (κ3) is 8.02. The molecule has 72 valence electrons. The molecule has 0 saturated carbocycles. The highest BCUT2D eigenvalue weighted by Crippen LogP contribution is 2.05. The Labute approximate surface area is 87.1 Å². The SMILES string of the molecule is C=C(C)C[N+](C)(C)CC(=C)C.[Br-]. The monoisotopic (exact) mass is 233 g/mol. The van der Waals surface area contributed by atoms with Gasteiger partial charge in [-0.15, -0.1) is 0 Å². The lowest BCUT2D eigenvalue weighted by Gasteiger charge is -2.30. The maximum Gasteiger partial charge on any atom is 0.0996 e. The zero-order valence-electron chi connectivity index (χ0n) is 8.65. The second-order valence-electron chi connectivity index (χ2n) is 4.17. The van der Waals surface area contributed by atoms with Gasteiger partial charge in [-0.25, -0.2) is 0 Å². The molecule has 0 aliphatic heterocycles. The topological polar surface area (TPSA) is 0 Å². The minimum Gasteiger partial charge on any atom is -1.00 e. The molecule has 0 N–H and O–H groups in total. The van der Waals surface area contributed by atoms with Crippen LogP contribution in [0, 0.1) is 0 Å². The quantitative estimate of drug-likeness (QED) is 0.442. The normalized spacial score (nSPS) is 10.3. The number of likely N-dealkylation sites (N-methyl/N-ethyl adjacent to an activating group) is 1. The highest BCUT2D eigenvalue weighted by Gasteiger charge is 2.14. The van der Waals surface area contributed by atoms with Crippen molar-refractivity contribution in [2.24, 2.45) is 0 Å². The molecule has 1 nitrogen and oxygen atoms in total. The number of rotatable bonds is 4. The Hall–Kier alpha value is -0.0800. The highest BCUT2D eigenvalue weighted by molar-refractivity contribution is 4.91. The van der Waals surface area contributed by atoms with Gasteiger partial charge in [0.2, 0.25) is 0 Å².